The summed E-state index contributed by atoms with van der Waals surface area (Å²) in [5, 5.41) is 3.12. The summed E-state index contributed by atoms with van der Waals surface area (Å²) < 4.78 is 12.9. The van der Waals surface area contributed by atoms with Crippen molar-refractivity contribution < 1.29 is 9.18 Å². The lowest BCUT2D eigenvalue weighted by Crippen LogP contribution is -2.36. The molecule has 1 aliphatic heterocycles. The van der Waals surface area contributed by atoms with Gasteiger partial charge in [-0.1, -0.05) is 30.3 Å². The molecule has 6 heteroatoms. The summed E-state index contributed by atoms with van der Waals surface area (Å²) in [6.45, 7) is 2.53. The molecule has 27 heavy (non-hydrogen) atoms. The van der Waals surface area contributed by atoms with E-state index in [-0.39, 0.29) is 17.8 Å². The Kier molecular flexibility index (Phi) is 4.54. The van der Waals surface area contributed by atoms with Gasteiger partial charge in [0, 0.05) is 18.3 Å². The van der Waals surface area contributed by atoms with E-state index in [4.69, 9.17) is 0 Å². The molecule has 0 radical (unpaired) electrons. The van der Waals surface area contributed by atoms with Gasteiger partial charge in [-0.2, -0.15) is 0 Å². The molecule has 1 unspecified atom stereocenters. The molecule has 4 rings (SSSR count). The summed E-state index contributed by atoms with van der Waals surface area (Å²) in [7, 11) is 0. The van der Waals surface area contributed by atoms with E-state index in [9.17, 15) is 9.18 Å². The number of carbonyl (C=O) groups is 1. The molecular weight excluding hydrogens is 343 g/mol. The lowest BCUT2D eigenvalue weighted by Gasteiger charge is -2.22. The molecule has 3 aromatic rings. The van der Waals surface area contributed by atoms with E-state index in [2.05, 4.69) is 15.3 Å². The van der Waals surface area contributed by atoms with Gasteiger partial charge in [0.05, 0.1) is 12.4 Å². The Morgan fingerprint density at radius 2 is 1.93 bits per heavy atom. The van der Waals surface area contributed by atoms with Crippen LogP contribution in [0.5, 0.6) is 0 Å². The number of halogens is 1. The van der Waals surface area contributed by atoms with Crippen molar-refractivity contribution in [1.29, 1.82) is 0 Å². The number of hydrogen-bond acceptors (Lipinski definition) is 4. The Labute approximate surface area is 156 Å². The molecule has 0 spiro atoms. The van der Waals surface area contributed by atoms with E-state index in [0.29, 0.717) is 18.1 Å². The zero-order chi connectivity index (χ0) is 18.8. The predicted molar refractivity (Wildman–Crippen MR) is 102 cm³/mol. The molecule has 136 valence electrons. The van der Waals surface area contributed by atoms with Crippen LogP contribution in [-0.4, -0.2) is 21.9 Å². The smallest absolute Gasteiger partial charge is 0.278 e. The molecule has 0 bridgehead atoms. The van der Waals surface area contributed by atoms with E-state index in [1.54, 1.807) is 23.2 Å². The third-order valence-electron chi connectivity index (χ3n) is 4.68. The van der Waals surface area contributed by atoms with Gasteiger partial charge in [-0.3, -0.25) is 4.79 Å². The molecule has 2 aromatic carbocycles. The van der Waals surface area contributed by atoms with Gasteiger partial charge < -0.3 is 10.2 Å². The lowest BCUT2D eigenvalue weighted by atomic mass is 10.1. The maximum Gasteiger partial charge on any atom is 0.278 e. The molecule has 1 atom stereocenters. The number of benzene rings is 2. The lowest BCUT2D eigenvalue weighted by molar-refractivity contribution is 0.0976. The molecule has 1 amide bonds. The Bertz CT molecular complexity index is 957. The Morgan fingerprint density at radius 1 is 1.15 bits per heavy atom. The van der Waals surface area contributed by atoms with Crippen molar-refractivity contribution in [2.45, 2.75) is 25.9 Å². The van der Waals surface area contributed by atoms with Crippen LogP contribution in [0.2, 0.25) is 0 Å². The maximum atomic E-state index is 12.9. The summed E-state index contributed by atoms with van der Waals surface area (Å²) in [6.07, 6.45) is 3.87. The minimum atomic E-state index is -0.265. The van der Waals surface area contributed by atoms with Gasteiger partial charge in [-0.15, -0.1) is 0 Å². The largest absolute Gasteiger partial charge is 0.365 e. The van der Waals surface area contributed by atoms with Crippen LogP contribution in [0, 0.1) is 5.82 Å². The average molecular weight is 362 g/mol. The summed E-state index contributed by atoms with van der Waals surface area (Å²) in [4.78, 5) is 23.3. The van der Waals surface area contributed by atoms with Gasteiger partial charge in [0.1, 0.15) is 17.3 Å². The van der Waals surface area contributed by atoms with Crippen LogP contribution >= 0.6 is 0 Å². The van der Waals surface area contributed by atoms with Crippen molar-refractivity contribution in [3.63, 3.8) is 0 Å². The minimum Gasteiger partial charge on any atom is -0.365 e. The van der Waals surface area contributed by atoms with Crippen LogP contribution in [-0.2, 0) is 13.0 Å². The normalized spacial score (nSPS) is 15.5. The van der Waals surface area contributed by atoms with Crippen LogP contribution in [0.4, 0.5) is 15.9 Å². The number of carbonyl (C=O) groups excluding carboxylic acids is 1. The Hall–Kier alpha value is -3.28. The van der Waals surface area contributed by atoms with Gasteiger partial charge in [0.2, 0.25) is 0 Å². The summed E-state index contributed by atoms with van der Waals surface area (Å²) in [5.41, 5.74) is 3.35. The number of amides is 1. The molecular formula is C21H19FN4O. The van der Waals surface area contributed by atoms with Crippen molar-refractivity contribution in [2.24, 2.45) is 0 Å². The first-order chi connectivity index (χ1) is 13.1. The molecule has 0 fully saturated rings. The second-order valence-corrected chi connectivity index (χ2v) is 6.62. The molecule has 5 nitrogen and oxygen atoms in total. The molecule has 1 aromatic heterocycles. The van der Waals surface area contributed by atoms with E-state index in [0.717, 1.165) is 17.7 Å². The highest BCUT2D eigenvalue weighted by Gasteiger charge is 2.31. The van der Waals surface area contributed by atoms with Crippen LogP contribution in [0.3, 0.4) is 0 Å². The molecule has 0 saturated carbocycles. The number of para-hydroxylation sites is 1. The van der Waals surface area contributed by atoms with Crippen LogP contribution < -0.4 is 10.2 Å². The van der Waals surface area contributed by atoms with Crippen molar-refractivity contribution in [2.75, 3.05) is 10.2 Å². The quantitative estimate of drug-likeness (QED) is 0.767. The Balaban J connectivity index is 1.46. The summed E-state index contributed by atoms with van der Waals surface area (Å²) in [6, 6.07) is 14.3. The fourth-order valence-corrected chi connectivity index (χ4v) is 3.32. The average Bonchev–Trinajstić information content (AvgIpc) is 3.03. The summed E-state index contributed by atoms with van der Waals surface area (Å²) in [5.74, 6) is 0.148. The van der Waals surface area contributed by atoms with Crippen molar-refractivity contribution in [3.05, 3.63) is 83.6 Å². The van der Waals surface area contributed by atoms with Crippen LogP contribution in [0.15, 0.2) is 60.9 Å². The van der Waals surface area contributed by atoms with Gasteiger partial charge in [-0.05, 0) is 42.7 Å². The number of nitrogens with zero attached hydrogens (tertiary/aromatic N) is 3. The second kappa shape index (κ2) is 7.15. The highest BCUT2D eigenvalue weighted by atomic mass is 19.1. The van der Waals surface area contributed by atoms with Crippen LogP contribution in [0.25, 0.3) is 0 Å². The van der Waals surface area contributed by atoms with Crippen LogP contribution in [0.1, 0.15) is 28.5 Å². The van der Waals surface area contributed by atoms with Gasteiger partial charge >= 0.3 is 0 Å². The fourth-order valence-electron chi connectivity index (χ4n) is 3.32. The number of rotatable bonds is 4. The number of anilines is 2. The molecule has 1 N–H and O–H groups in total. The predicted octanol–water partition coefficient (Wildman–Crippen LogP) is 3.82. The molecule has 0 saturated heterocycles. The standard InChI is InChI=1S/C21H19FN4O/c1-14-10-16-4-2-3-5-19(16)26(14)21(27)18-12-25-20(13-23-18)24-11-15-6-8-17(22)9-7-15/h2-9,12-14H,10-11H2,1H3,(H,24,25). The Morgan fingerprint density at radius 3 is 2.67 bits per heavy atom. The van der Waals surface area contributed by atoms with E-state index < -0.39 is 0 Å². The number of fused-ring (bicyclic) bond motifs is 1. The van der Waals surface area contributed by atoms with Gasteiger partial charge in [0.15, 0.2) is 0 Å². The first-order valence-corrected chi connectivity index (χ1v) is 8.83. The molecule has 0 aliphatic carbocycles. The van der Waals surface area contributed by atoms with E-state index >= 15 is 0 Å². The highest BCUT2D eigenvalue weighted by Crippen LogP contribution is 2.32. The zero-order valence-corrected chi connectivity index (χ0v) is 14.9. The summed E-state index contributed by atoms with van der Waals surface area (Å²) >= 11 is 0. The maximum absolute atomic E-state index is 12.9. The topological polar surface area (TPSA) is 58.1 Å². The number of hydrogen-bond donors (Lipinski definition) is 1. The van der Waals surface area contributed by atoms with Crippen molar-refractivity contribution >= 4 is 17.4 Å². The van der Waals surface area contributed by atoms with Crippen molar-refractivity contribution in [3.8, 4) is 0 Å². The third kappa shape index (κ3) is 3.51. The monoisotopic (exact) mass is 362 g/mol. The van der Waals surface area contributed by atoms with E-state index in [1.165, 1.54) is 23.9 Å². The SMILES string of the molecule is CC1Cc2ccccc2N1C(=O)c1cnc(NCc2ccc(F)cc2)cn1. The third-order valence-corrected chi connectivity index (χ3v) is 4.68. The van der Waals surface area contributed by atoms with Gasteiger partial charge in [-0.25, -0.2) is 14.4 Å². The van der Waals surface area contributed by atoms with E-state index in [1.807, 2.05) is 31.2 Å². The van der Waals surface area contributed by atoms with Gasteiger partial charge in [0.25, 0.3) is 5.91 Å². The second-order valence-electron chi connectivity index (χ2n) is 6.62. The highest BCUT2D eigenvalue weighted by molar-refractivity contribution is 6.06. The number of aromatic nitrogens is 2. The fraction of sp³-hybridized carbons (Fsp3) is 0.190. The first kappa shape index (κ1) is 17.1. The zero-order valence-electron chi connectivity index (χ0n) is 14.9. The minimum absolute atomic E-state index is 0.0907. The number of nitrogens with one attached hydrogen (secondary N) is 1. The van der Waals surface area contributed by atoms with Crippen molar-refractivity contribution in [1.82, 2.24) is 9.97 Å². The molecule has 2 heterocycles. The first-order valence-electron chi connectivity index (χ1n) is 8.83. The molecule has 1 aliphatic rings.